The predicted octanol–water partition coefficient (Wildman–Crippen LogP) is 1.79. The van der Waals surface area contributed by atoms with E-state index in [0.29, 0.717) is 6.54 Å². The largest absolute Gasteiger partial charge is 1.00 e. The van der Waals surface area contributed by atoms with Gasteiger partial charge in [0.1, 0.15) is 6.54 Å². The molecule has 4 rings (SSSR count). The summed E-state index contributed by atoms with van der Waals surface area (Å²) in [5, 5.41) is 25.0. The Morgan fingerprint density at radius 2 is 1.38 bits per heavy atom. The van der Waals surface area contributed by atoms with Crippen LogP contribution in [-0.2, 0) is 6.54 Å². The van der Waals surface area contributed by atoms with E-state index in [4.69, 9.17) is 0 Å². The molecule has 0 aliphatic heterocycles. The molecule has 0 saturated heterocycles. The monoisotopic (exact) mass is 409 g/mol. The lowest BCUT2D eigenvalue weighted by Gasteiger charge is -2.11. The van der Waals surface area contributed by atoms with Crippen LogP contribution < -0.4 is 17.0 Å². The SMILES string of the molecule is CC[n+]1c(-c2ccccc2)c2cc([N+](=O)[O-])ccc2c2ccc([N+](=O)[O-])cc21.[Cl-]. The summed E-state index contributed by atoms with van der Waals surface area (Å²) >= 11 is 0. The van der Waals surface area contributed by atoms with Gasteiger partial charge in [-0.15, -0.1) is 0 Å². The summed E-state index contributed by atoms with van der Waals surface area (Å²) in [6.07, 6.45) is 0. The van der Waals surface area contributed by atoms with Crippen molar-refractivity contribution in [3.8, 4) is 11.3 Å². The first-order valence-corrected chi connectivity index (χ1v) is 8.78. The van der Waals surface area contributed by atoms with Crippen LogP contribution in [0.3, 0.4) is 0 Å². The number of aryl methyl sites for hydroxylation is 1. The Labute approximate surface area is 171 Å². The van der Waals surface area contributed by atoms with Crippen molar-refractivity contribution < 1.29 is 26.8 Å². The van der Waals surface area contributed by atoms with E-state index in [-0.39, 0.29) is 23.8 Å². The van der Waals surface area contributed by atoms with E-state index in [1.807, 2.05) is 41.8 Å². The van der Waals surface area contributed by atoms with Gasteiger partial charge in [-0.1, -0.05) is 18.2 Å². The molecule has 0 radical (unpaired) electrons. The van der Waals surface area contributed by atoms with Crippen molar-refractivity contribution in [3.63, 3.8) is 0 Å². The number of hydrogen-bond acceptors (Lipinski definition) is 4. The van der Waals surface area contributed by atoms with E-state index < -0.39 is 9.85 Å². The fraction of sp³-hybridized carbons (Fsp3) is 0.0952. The fourth-order valence-corrected chi connectivity index (χ4v) is 3.66. The van der Waals surface area contributed by atoms with Crippen LogP contribution in [0.15, 0.2) is 66.7 Å². The summed E-state index contributed by atoms with van der Waals surface area (Å²) < 4.78 is 1.98. The van der Waals surface area contributed by atoms with E-state index in [1.165, 1.54) is 12.1 Å². The minimum absolute atomic E-state index is 0. The Bertz CT molecular complexity index is 1260. The fourth-order valence-electron chi connectivity index (χ4n) is 3.66. The number of fused-ring (bicyclic) bond motifs is 3. The zero-order valence-corrected chi connectivity index (χ0v) is 16.2. The van der Waals surface area contributed by atoms with Gasteiger partial charge in [-0.05, 0) is 31.2 Å². The van der Waals surface area contributed by atoms with Gasteiger partial charge in [0, 0.05) is 29.1 Å². The lowest BCUT2D eigenvalue weighted by Crippen LogP contribution is -3.00. The summed E-state index contributed by atoms with van der Waals surface area (Å²) in [6, 6.07) is 19.1. The molecule has 0 spiro atoms. The van der Waals surface area contributed by atoms with E-state index in [9.17, 15) is 20.2 Å². The van der Waals surface area contributed by atoms with Crippen molar-refractivity contribution in [1.82, 2.24) is 0 Å². The molecule has 7 nitrogen and oxygen atoms in total. The zero-order valence-electron chi connectivity index (χ0n) is 15.4. The van der Waals surface area contributed by atoms with Crippen LogP contribution in [0.25, 0.3) is 32.9 Å². The molecule has 1 aromatic heterocycles. The number of hydrogen-bond donors (Lipinski definition) is 0. The summed E-state index contributed by atoms with van der Waals surface area (Å²) in [6.45, 7) is 2.51. The van der Waals surface area contributed by atoms with E-state index in [0.717, 1.165) is 32.9 Å². The van der Waals surface area contributed by atoms with Crippen LogP contribution in [0.2, 0.25) is 0 Å². The second-order valence-electron chi connectivity index (χ2n) is 6.40. The molecule has 0 N–H and O–H groups in total. The summed E-state index contributed by atoms with van der Waals surface area (Å²) in [5.74, 6) is 0. The number of non-ortho nitro benzene ring substituents is 2. The third kappa shape index (κ3) is 3.36. The van der Waals surface area contributed by atoms with Crippen molar-refractivity contribution in [2.24, 2.45) is 0 Å². The molecule has 0 fully saturated rings. The molecule has 0 aliphatic rings. The highest BCUT2D eigenvalue weighted by molar-refractivity contribution is 6.09. The molecule has 3 aromatic carbocycles. The molecule has 0 bridgehead atoms. The second kappa shape index (κ2) is 7.81. The Morgan fingerprint density at radius 1 is 0.793 bits per heavy atom. The predicted molar refractivity (Wildman–Crippen MR) is 106 cm³/mol. The van der Waals surface area contributed by atoms with Gasteiger partial charge in [0.2, 0.25) is 11.2 Å². The first-order chi connectivity index (χ1) is 13.5. The number of aromatic nitrogens is 1. The van der Waals surface area contributed by atoms with E-state index in [2.05, 4.69) is 0 Å². The van der Waals surface area contributed by atoms with Crippen molar-refractivity contribution >= 4 is 33.1 Å². The maximum atomic E-state index is 11.4. The maximum Gasteiger partial charge on any atom is 0.276 e. The minimum Gasteiger partial charge on any atom is -1.00 e. The standard InChI is InChI=1S/C21H16N3O4.ClH/c1-2-22-20-13-16(24(27)28)9-11-18(20)17-10-8-15(23(25)26)12-19(17)21(22)14-6-4-3-5-7-14;/h3-13H,2H2,1H3;1H/q+1;/p-1. The molecular weight excluding hydrogens is 394 g/mol. The summed E-state index contributed by atoms with van der Waals surface area (Å²) in [4.78, 5) is 21.8. The number of pyridine rings is 1. The summed E-state index contributed by atoms with van der Waals surface area (Å²) in [7, 11) is 0. The van der Waals surface area contributed by atoms with Crippen LogP contribution in [0.1, 0.15) is 6.92 Å². The maximum absolute atomic E-state index is 11.4. The van der Waals surface area contributed by atoms with E-state index in [1.54, 1.807) is 24.3 Å². The van der Waals surface area contributed by atoms with Gasteiger partial charge in [-0.2, -0.15) is 4.57 Å². The molecule has 29 heavy (non-hydrogen) atoms. The van der Waals surface area contributed by atoms with Gasteiger partial charge < -0.3 is 12.4 Å². The Balaban J connectivity index is 0.00000240. The number of nitro groups is 2. The van der Waals surface area contributed by atoms with Crippen molar-refractivity contribution in [2.45, 2.75) is 13.5 Å². The van der Waals surface area contributed by atoms with E-state index >= 15 is 0 Å². The number of nitrogens with zero attached hydrogens (tertiary/aromatic N) is 3. The third-order valence-electron chi connectivity index (χ3n) is 4.88. The highest BCUT2D eigenvalue weighted by atomic mass is 35.5. The van der Waals surface area contributed by atoms with Crippen LogP contribution >= 0.6 is 0 Å². The van der Waals surface area contributed by atoms with Crippen molar-refractivity contribution in [3.05, 3.63) is 87.0 Å². The quantitative estimate of drug-likeness (QED) is 0.222. The van der Waals surface area contributed by atoms with Crippen LogP contribution in [0, 0.1) is 20.2 Å². The average Bonchev–Trinajstić information content (AvgIpc) is 2.72. The number of rotatable bonds is 4. The van der Waals surface area contributed by atoms with Crippen molar-refractivity contribution in [2.75, 3.05) is 0 Å². The highest BCUT2D eigenvalue weighted by Gasteiger charge is 2.25. The third-order valence-corrected chi connectivity index (χ3v) is 4.88. The molecule has 0 atom stereocenters. The van der Waals surface area contributed by atoms with Gasteiger partial charge in [-0.25, -0.2) is 0 Å². The smallest absolute Gasteiger partial charge is 0.276 e. The molecular formula is C21H16ClN3O4. The highest BCUT2D eigenvalue weighted by Crippen LogP contribution is 2.34. The second-order valence-corrected chi connectivity index (χ2v) is 6.40. The molecule has 0 aliphatic carbocycles. The Kier molecular flexibility index (Phi) is 5.43. The van der Waals surface area contributed by atoms with Gasteiger partial charge in [0.05, 0.1) is 26.7 Å². The topological polar surface area (TPSA) is 90.2 Å². The minimum atomic E-state index is -0.415. The van der Waals surface area contributed by atoms with Crippen LogP contribution in [0.4, 0.5) is 11.4 Å². The number of benzene rings is 3. The molecule has 146 valence electrons. The van der Waals surface area contributed by atoms with Gasteiger partial charge in [0.25, 0.3) is 11.4 Å². The molecule has 8 heteroatoms. The first-order valence-electron chi connectivity index (χ1n) is 8.78. The first kappa shape index (κ1) is 20.2. The molecule has 1 heterocycles. The number of nitro benzene ring substituents is 2. The summed E-state index contributed by atoms with van der Waals surface area (Å²) in [5.41, 5.74) is 2.43. The normalized spacial score (nSPS) is 10.7. The van der Waals surface area contributed by atoms with Crippen LogP contribution in [-0.4, -0.2) is 9.85 Å². The van der Waals surface area contributed by atoms with Gasteiger partial charge in [-0.3, -0.25) is 20.2 Å². The van der Waals surface area contributed by atoms with Crippen molar-refractivity contribution in [1.29, 1.82) is 0 Å². The molecule has 0 amide bonds. The lowest BCUT2D eigenvalue weighted by molar-refractivity contribution is -0.655. The Morgan fingerprint density at radius 3 is 1.97 bits per heavy atom. The zero-order chi connectivity index (χ0) is 19.8. The molecule has 0 saturated carbocycles. The van der Waals surface area contributed by atoms with Gasteiger partial charge in [0.15, 0.2) is 0 Å². The van der Waals surface area contributed by atoms with Gasteiger partial charge >= 0.3 is 0 Å². The Hall–Kier alpha value is -3.58. The van der Waals surface area contributed by atoms with Crippen LogP contribution in [0.5, 0.6) is 0 Å². The number of halogens is 1. The molecule has 4 aromatic rings. The average molecular weight is 410 g/mol. The molecule has 0 unspecified atom stereocenters. The lowest BCUT2D eigenvalue weighted by atomic mass is 9.98.